The quantitative estimate of drug-likeness (QED) is 0.310. The first-order chi connectivity index (χ1) is 17.6. The fourth-order valence-electron chi connectivity index (χ4n) is 3.55. The Kier molecular flexibility index (Phi) is 10.2. The number of carbonyl (C=O) groups excluding carboxylic acids is 4. The Morgan fingerprint density at radius 1 is 0.730 bits per heavy atom. The lowest BCUT2D eigenvalue weighted by molar-refractivity contribution is -0.296. The predicted octanol–water partition coefficient (Wildman–Crippen LogP) is 3.83. The van der Waals surface area contributed by atoms with E-state index in [4.69, 9.17) is 28.4 Å². The molecule has 1 fully saturated rings. The van der Waals surface area contributed by atoms with Gasteiger partial charge in [-0.2, -0.15) is 0 Å². The van der Waals surface area contributed by atoms with Crippen LogP contribution >= 0.6 is 31.9 Å². The Bertz CT molecular complexity index is 1120. The van der Waals surface area contributed by atoms with Crippen LogP contribution in [0.3, 0.4) is 0 Å². The van der Waals surface area contributed by atoms with E-state index >= 15 is 0 Å². The lowest BCUT2D eigenvalue weighted by atomic mass is 9.97. The third-order valence-corrected chi connectivity index (χ3v) is 6.28. The molecular weight excluding hydrogens is 620 g/mol. The topological polar surface area (TPSA) is 124 Å². The summed E-state index contributed by atoms with van der Waals surface area (Å²) in [5.41, 5.74) is 0.394. The molecule has 0 radical (unpaired) electrons. The smallest absolute Gasteiger partial charge is 0.338 e. The van der Waals surface area contributed by atoms with Crippen LogP contribution in [0.1, 0.15) is 34.6 Å². The monoisotopic (exact) mass is 642 g/mol. The molecule has 0 amide bonds. The maximum absolute atomic E-state index is 13.1. The van der Waals surface area contributed by atoms with Crippen LogP contribution in [-0.2, 0) is 38.0 Å². The summed E-state index contributed by atoms with van der Waals surface area (Å²) in [4.78, 5) is 49.6. The van der Waals surface area contributed by atoms with E-state index in [1.165, 1.54) is 38.3 Å². The van der Waals surface area contributed by atoms with Gasteiger partial charge in [0, 0.05) is 29.9 Å². The molecule has 0 unspecified atom stereocenters. The van der Waals surface area contributed by atoms with E-state index in [1.807, 2.05) is 0 Å². The third-order valence-electron chi connectivity index (χ3n) is 5.22. The minimum atomic E-state index is -1.38. The number of ether oxygens (including phenoxy) is 6. The zero-order valence-corrected chi connectivity index (χ0v) is 23.2. The minimum absolute atomic E-state index is 0.194. The largest absolute Gasteiger partial charge is 0.463 e. The summed E-state index contributed by atoms with van der Waals surface area (Å²) in [6.07, 6.45) is -6.37. The molecule has 3 rings (SSSR count). The molecule has 5 atom stereocenters. The van der Waals surface area contributed by atoms with E-state index in [9.17, 15) is 19.2 Å². The molecule has 37 heavy (non-hydrogen) atoms. The summed E-state index contributed by atoms with van der Waals surface area (Å²) < 4.78 is 34.7. The fourth-order valence-corrected chi connectivity index (χ4v) is 4.08. The number of methoxy groups -OCH3 is 1. The van der Waals surface area contributed by atoms with Crippen LogP contribution < -0.4 is 0 Å². The van der Waals surface area contributed by atoms with Crippen molar-refractivity contribution in [3.05, 3.63) is 68.6 Å². The van der Waals surface area contributed by atoms with E-state index in [1.54, 1.807) is 24.3 Å². The zero-order chi connectivity index (χ0) is 27.1. The average molecular weight is 644 g/mol. The summed E-state index contributed by atoms with van der Waals surface area (Å²) in [5.74, 6) is -2.86. The summed E-state index contributed by atoms with van der Waals surface area (Å²) >= 11 is 6.60. The van der Waals surface area contributed by atoms with Crippen molar-refractivity contribution in [3.63, 3.8) is 0 Å². The Labute approximate surface area is 229 Å². The van der Waals surface area contributed by atoms with Gasteiger partial charge in [-0.15, -0.1) is 0 Å². The van der Waals surface area contributed by atoms with Crippen LogP contribution in [0.2, 0.25) is 0 Å². The number of hydrogen-bond donors (Lipinski definition) is 0. The highest BCUT2D eigenvalue weighted by Gasteiger charge is 2.53. The molecule has 0 bridgehead atoms. The van der Waals surface area contributed by atoms with Gasteiger partial charge in [-0.1, -0.05) is 31.9 Å². The van der Waals surface area contributed by atoms with Crippen LogP contribution in [0.25, 0.3) is 0 Å². The van der Waals surface area contributed by atoms with E-state index in [0.29, 0.717) is 0 Å². The Balaban J connectivity index is 2.00. The first-order valence-corrected chi connectivity index (χ1v) is 12.6. The highest BCUT2D eigenvalue weighted by Crippen LogP contribution is 2.31. The van der Waals surface area contributed by atoms with E-state index in [-0.39, 0.29) is 17.7 Å². The minimum Gasteiger partial charge on any atom is -0.463 e. The fraction of sp³-hybridized carbons (Fsp3) is 0.360. The molecule has 0 aromatic heterocycles. The summed E-state index contributed by atoms with van der Waals surface area (Å²) in [7, 11) is 1.30. The van der Waals surface area contributed by atoms with Gasteiger partial charge in [-0.25, -0.2) is 9.59 Å². The molecule has 1 saturated heterocycles. The zero-order valence-electron chi connectivity index (χ0n) is 20.1. The van der Waals surface area contributed by atoms with Crippen molar-refractivity contribution in [3.8, 4) is 0 Å². The van der Waals surface area contributed by atoms with Crippen molar-refractivity contribution in [2.45, 2.75) is 44.6 Å². The molecule has 0 aliphatic carbocycles. The number of rotatable bonds is 8. The van der Waals surface area contributed by atoms with Crippen molar-refractivity contribution in [1.82, 2.24) is 0 Å². The average Bonchev–Trinajstić information content (AvgIpc) is 2.85. The summed E-state index contributed by atoms with van der Waals surface area (Å²) in [6, 6.07) is 12.7. The van der Waals surface area contributed by atoms with Gasteiger partial charge in [-0.05, 0) is 48.5 Å². The van der Waals surface area contributed by atoms with Crippen LogP contribution in [0.5, 0.6) is 0 Å². The van der Waals surface area contributed by atoms with Crippen LogP contribution in [0.15, 0.2) is 57.5 Å². The molecule has 12 heteroatoms. The molecule has 2 aromatic carbocycles. The number of esters is 4. The Morgan fingerprint density at radius 2 is 1.22 bits per heavy atom. The van der Waals surface area contributed by atoms with Gasteiger partial charge in [-0.3, -0.25) is 9.59 Å². The first kappa shape index (κ1) is 28.8. The third kappa shape index (κ3) is 7.84. The van der Waals surface area contributed by atoms with Crippen LogP contribution in [0, 0.1) is 0 Å². The van der Waals surface area contributed by atoms with E-state index in [2.05, 4.69) is 31.9 Å². The molecule has 0 spiro atoms. The molecule has 198 valence electrons. The first-order valence-electron chi connectivity index (χ1n) is 11.0. The molecule has 1 aliphatic rings. The van der Waals surface area contributed by atoms with Gasteiger partial charge in [0.1, 0.15) is 12.7 Å². The number of hydrogen-bond acceptors (Lipinski definition) is 10. The maximum Gasteiger partial charge on any atom is 0.338 e. The number of benzene rings is 2. The second kappa shape index (κ2) is 13.1. The lowest BCUT2D eigenvalue weighted by Crippen LogP contribution is -2.62. The Hall–Kier alpha value is -2.80. The van der Waals surface area contributed by atoms with Crippen LogP contribution in [0.4, 0.5) is 0 Å². The molecule has 1 aliphatic heterocycles. The van der Waals surface area contributed by atoms with Gasteiger partial charge in [0.05, 0.1) is 11.1 Å². The van der Waals surface area contributed by atoms with Crippen LogP contribution in [-0.4, -0.2) is 68.3 Å². The Morgan fingerprint density at radius 3 is 1.65 bits per heavy atom. The molecular formula is C25H24Br2O10. The van der Waals surface area contributed by atoms with E-state index < -0.39 is 54.6 Å². The molecule has 1 heterocycles. The van der Waals surface area contributed by atoms with Crippen molar-refractivity contribution >= 4 is 55.7 Å². The van der Waals surface area contributed by atoms with E-state index in [0.717, 1.165) is 15.9 Å². The van der Waals surface area contributed by atoms with Gasteiger partial charge in [0.25, 0.3) is 0 Å². The molecule has 0 N–H and O–H groups in total. The second-order valence-corrected chi connectivity index (χ2v) is 9.74. The van der Waals surface area contributed by atoms with Crippen molar-refractivity contribution in [2.24, 2.45) is 0 Å². The standard InChI is InChI=1S/C25H24Br2O10/c1-13(28)33-12-19-20(36-23(30)15-4-8-17(26)9-5-15)21(22(34-14(2)29)25(32-3)35-19)37-24(31)16-6-10-18(27)11-7-16/h4-11,19-22,25H,12H2,1-3H3/t19-,20-,21+,22-,25-/m1/s1. The molecule has 0 saturated carbocycles. The highest BCUT2D eigenvalue weighted by molar-refractivity contribution is 9.10. The summed E-state index contributed by atoms with van der Waals surface area (Å²) in [6.45, 7) is 2.01. The van der Waals surface area contributed by atoms with Gasteiger partial charge < -0.3 is 28.4 Å². The van der Waals surface area contributed by atoms with Gasteiger partial charge in [0.15, 0.2) is 24.6 Å². The van der Waals surface area contributed by atoms with Gasteiger partial charge >= 0.3 is 23.9 Å². The number of halogens is 2. The lowest BCUT2D eigenvalue weighted by Gasteiger charge is -2.43. The maximum atomic E-state index is 13.1. The number of carbonyl (C=O) groups is 4. The summed E-state index contributed by atoms with van der Waals surface area (Å²) in [5, 5.41) is 0. The normalized spacial score (nSPS) is 23.0. The predicted molar refractivity (Wildman–Crippen MR) is 135 cm³/mol. The molecule has 10 nitrogen and oxygen atoms in total. The van der Waals surface area contributed by atoms with Crippen molar-refractivity contribution in [2.75, 3.05) is 13.7 Å². The van der Waals surface area contributed by atoms with Crippen molar-refractivity contribution in [1.29, 1.82) is 0 Å². The van der Waals surface area contributed by atoms with Crippen molar-refractivity contribution < 1.29 is 47.6 Å². The highest BCUT2D eigenvalue weighted by atomic mass is 79.9. The van der Waals surface area contributed by atoms with Gasteiger partial charge in [0.2, 0.25) is 0 Å². The SMILES string of the molecule is CO[C@@H]1O[C@H](COC(C)=O)[C@@H](OC(=O)c2ccc(Br)cc2)[C@H](OC(=O)c2ccc(Br)cc2)[C@H]1OC(C)=O. The molecule has 2 aromatic rings. The second-order valence-electron chi connectivity index (χ2n) is 7.91.